The third kappa shape index (κ3) is 2.68. The lowest BCUT2D eigenvalue weighted by Gasteiger charge is -2.29. The van der Waals surface area contributed by atoms with Crippen LogP contribution in [0.3, 0.4) is 0 Å². The minimum atomic E-state index is -0.740. The van der Waals surface area contributed by atoms with Crippen molar-refractivity contribution in [2.24, 2.45) is 11.7 Å². The number of benzene rings is 1. The van der Waals surface area contributed by atoms with Gasteiger partial charge in [0.2, 0.25) is 5.91 Å². The maximum Gasteiger partial charge on any atom is 0.242 e. The molecule has 1 aliphatic carbocycles. The smallest absolute Gasteiger partial charge is 0.242 e. The fourth-order valence-corrected chi connectivity index (χ4v) is 2.42. The molecule has 1 atom stereocenters. The van der Waals surface area contributed by atoms with Crippen LogP contribution in [0.15, 0.2) is 24.3 Å². The summed E-state index contributed by atoms with van der Waals surface area (Å²) in [5, 5.41) is 0.683. The predicted octanol–water partition coefficient (Wildman–Crippen LogP) is 2.43. The van der Waals surface area contributed by atoms with E-state index >= 15 is 0 Å². The molecule has 2 rings (SSSR count). The van der Waals surface area contributed by atoms with Gasteiger partial charge in [-0.3, -0.25) is 4.79 Å². The summed E-state index contributed by atoms with van der Waals surface area (Å²) in [4.78, 5) is 14.0. The first-order valence-corrected chi connectivity index (χ1v) is 6.58. The second kappa shape index (κ2) is 4.90. The lowest BCUT2D eigenvalue weighted by molar-refractivity contribution is -0.136. The van der Waals surface area contributed by atoms with E-state index < -0.39 is 5.54 Å². The van der Waals surface area contributed by atoms with Gasteiger partial charge >= 0.3 is 0 Å². The molecular formula is C14H19ClN2O. The van der Waals surface area contributed by atoms with Crippen LogP contribution in [0.25, 0.3) is 0 Å². The average Bonchev–Trinajstić information content (AvgIpc) is 3.15. The van der Waals surface area contributed by atoms with Crippen LogP contribution in [0.5, 0.6) is 0 Å². The van der Waals surface area contributed by atoms with E-state index in [1.807, 2.05) is 31.2 Å². The van der Waals surface area contributed by atoms with Gasteiger partial charge in [-0.05, 0) is 37.3 Å². The van der Waals surface area contributed by atoms with Gasteiger partial charge in [0.05, 0.1) is 5.54 Å². The monoisotopic (exact) mass is 266 g/mol. The molecule has 0 radical (unpaired) electrons. The zero-order valence-corrected chi connectivity index (χ0v) is 11.6. The van der Waals surface area contributed by atoms with Gasteiger partial charge in [-0.1, -0.05) is 29.8 Å². The molecule has 1 aliphatic rings. The van der Waals surface area contributed by atoms with E-state index in [2.05, 4.69) is 0 Å². The molecule has 0 bridgehead atoms. The first-order valence-electron chi connectivity index (χ1n) is 6.20. The number of rotatable bonds is 4. The largest absolute Gasteiger partial charge is 0.340 e. The molecule has 0 saturated heterocycles. The Hall–Kier alpha value is -1.06. The summed E-state index contributed by atoms with van der Waals surface area (Å²) in [6, 6.07) is 7.56. The molecule has 3 nitrogen and oxygen atoms in total. The first-order chi connectivity index (χ1) is 8.43. The van der Waals surface area contributed by atoms with Gasteiger partial charge in [0.15, 0.2) is 0 Å². The van der Waals surface area contributed by atoms with E-state index in [-0.39, 0.29) is 5.91 Å². The molecule has 18 heavy (non-hydrogen) atoms. The summed E-state index contributed by atoms with van der Waals surface area (Å²) in [5.74, 6) is 0.323. The van der Waals surface area contributed by atoms with E-state index in [0.717, 1.165) is 18.4 Å². The number of nitrogens with two attached hydrogens (primary N) is 1. The van der Waals surface area contributed by atoms with Gasteiger partial charge < -0.3 is 10.6 Å². The van der Waals surface area contributed by atoms with Crippen LogP contribution in [-0.4, -0.2) is 23.4 Å². The fourth-order valence-electron chi connectivity index (χ4n) is 2.22. The minimum absolute atomic E-state index is 0.00933. The van der Waals surface area contributed by atoms with Gasteiger partial charge in [0.1, 0.15) is 0 Å². The molecular weight excluding hydrogens is 248 g/mol. The molecule has 0 aliphatic heterocycles. The van der Waals surface area contributed by atoms with Crippen molar-refractivity contribution in [3.63, 3.8) is 0 Å². The second-order valence-electron chi connectivity index (χ2n) is 5.31. The number of nitrogens with zero attached hydrogens (tertiary/aromatic N) is 1. The molecule has 1 aromatic carbocycles. The zero-order chi connectivity index (χ0) is 13.3. The summed E-state index contributed by atoms with van der Waals surface area (Å²) in [7, 11) is 1.78. The maximum atomic E-state index is 12.3. The number of halogens is 1. The molecule has 1 amide bonds. The topological polar surface area (TPSA) is 46.3 Å². The number of hydrogen-bond donors (Lipinski definition) is 1. The van der Waals surface area contributed by atoms with E-state index in [1.165, 1.54) is 0 Å². The van der Waals surface area contributed by atoms with Crippen molar-refractivity contribution in [2.45, 2.75) is 31.8 Å². The van der Waals surface area contributed by atoms with Gasteiger partial charge in [-0.15, -0.1) is 0 Å². The Balaban J connectivity index is 2.06. The lowest BCUT2D eigenvalue weighted by Crippen LogP contribution is -2.53. The van der Waals surface area contributed by atoms with E-state index in [4.69, 9.17) is 17.3 Å². The van der Waals surface area contributed by atoms with Crippen LogP contribution in [0, 0.1) is 5.92 Å². The number of amides is 1. The molecule has 1 fully saturated rings. The van der Waals surface area contributed by atoms with Crippen LogP contribution in [-0.2, 0) is 11.3 Å². The summed E-state index contributed by atoms with van der Waals surface area (Å²) >= 11 is 6.09. The van der Waals surface area contributed by atoms with E-state index in [1.54, 1.807) is 11.9 Å². The summed E-state index contributed by atoms with van der Waals surface area (Å²) in [6.45, 7) is 2.33. The van der Waals surface area contributed by atoms with Crippen molar-refractivity contribution >= 4 is 17.5 Å². The van der Waals surface area contributed by atoms with Crippen LogP contribution >= 0.6 is 11.6 Å². The van der Waals surface area contributed by atoms with E-state index in [9.17, 15) is 4.79 Å². The molecule has 1 unspecified atom stereocenters. The van der Waals surface area contributed by atoms with E-state index in [0.29, 0.717) is 17.5 Å². The van der Waals surface area contributed by atoms with Gasteiger partial charge in [-0.25, -0.2) is 0 Å². The second-order valence-corrected chi connectivity index (χ2v) is 5.72. The molecule has 0 aromatic heterocycles. The van der Waals surface area contributed by atoms with Gasteiger partial charge in [-0.2, -0.15) is 0 Å². The average molecular weight is 267 g/mol. The SMILES string of the molecule is CN(Cc1ccccc1Cl)C(=O)C(C)(N)C1CC1. The summed E-state index contributed by atoms with van der Waals surface area (Å²) in [5.41, 5.74) is 6.34. The third-order valence-electron chi connectivity index (χ3n) is 3.60. The first kappa shape index (κ1) is 13.4. The number of hydrogen-bond acceptors (Lipinski definition) is 2. The third-order valence-corrected chi connectivity index (χ3v) is 3.97. The molecule has 98 valence electrons. The molecule has 0 heterocycles. The van der Waals surface area contributed by atoms with Crippen molar-refractivity contribution in [1.82, 2.24) is 4.90 Å². The highest BCUT2D eigenvalue weighted by Gasteiger charge is 2.45. The minimum Gasteiger partial charge on any atom is -0.340 e. The standard InChI is InChI=1S/C14H19ClN2O/c1-14(16,11-7-8-11)13(18)17(2)9-10-5-3-4-6-12(10)15/h3-6,11H,7-9,16H2,1-2H3. The van der Waals surface area contributed by atoms with Crippen molar-refractivity contribution in [3.8, 4) is 0 Å². The number of likely N-dealkylation sites (N-methyl/N-ethyl adjacent to an activating group) is 1. The van der Waals surface area contributed by atoms with Crippen LogP contribution < -0.4 is 5.73 Å². The molecule has 1 aromatic rings. The van der Waals surface area contributed by atoms with Gasteiger partial charge in [0, 0.05) is 18.6 Å². The summed E-state index contributed by atoms with van der Waals surface area (Å²) < 4.78 is 0. The highest BCUT2D eigenvalue weighted by atomic mass is 35.5. The fraction of sp³-hybridized carbons (Fsp3) is 0.500. The zero-order valence-electron chi connectivity index (χ0n) is 10.8. The van der Waals surface area contributed by atoms with Crippen LogP contribution in [0.1, 0.15) is 25.3 Å². The normalized spacial score (nSPS) is 18.2. The Morgan fingerprint density at radius 2 is 2.11 bits per heavy atom. The Kier molecular flexibility index (Phi) is 3.64. The Morgan fingerprint density at radius 1 is 1.50 bits per heavy atom. The molecule has 0 spiro atoms. The van der Waals surface area contributed by atoms with Crippen LogP contribution in [0.4, 0.5) is 0 Å². The van der Waals surface area contributed by atoms with Crippen LogP contribution in [0.2, 0.25) is 5.02 Å². The summed E-state index contributed by atoms with van der Waals surface area (Å²) in [6.07, 6.45) is 2.11. The number of carbonyl (C=O) groups excluding carboxylic acids is 1. The highest BCUT2D eigenvalue weighted by molar-refractivity contribution is 6.31. The van der Waals surface area contributed by atoms with Crippen molar-refractivity contribution in [2.75, 3.05) is 7.05 Å². The lowest BCUT2D eigenvalue weighted by atomic mass is 9.95. The van der Waals surface area contributed by atoms with Crippen molar-refractivity contribution in [1.29, 1.82) is 0 Å². The molecule has 2 N–H and O–H groups in total. The number of carbonyl (C=O) groups is 1. The predicted molar refractivity (Wildman–Crippen MR) is 73.2 cm³/mol. The maximum absolute atomic E-state index is 12.3. The van der Waals surface area contributed by atoms with Crippen molar-refractivity contribution in [3.05, 3.63) is 34.9 Å². The highest BCUT2D eigenvalue weighted by Crippen LogP contribution is 2.39. The Bertz CT molecular complexity index is 455. The Morgan fingerprint density at radius 3 is 2.67 bits per heavy atom. The molecule has 1 saturated carbocycles. The van der Waals surface area contributed by atoms with Crippen molar-refractivity contribution < 1.29 is 4.79 Å². The molecule has 4 heteroatoms. The quantitative estimate of drug-likeness (QED) is 0.910. The van der Waals surface area contributed by atoms with Gasteiger partial charge in [0.25, 0.3) is 0 Å². The Labute approximate surface area is 113 Å².